The number of hydrogen-bond acceptors (Lipinski definition) is 2. The Morgan fingerprint density at radius 1 is 1.27 bits per heavy atom. The summed E-state index contributed by atoms with van der Waals surface area (Å²) in [6.07, 6.45) is 0.863. The fourth-order valence-electron chi connectivity index (χ4n) is 1.45. The van der Waals surface area contributed by atoms with Crippen LogP contribution in [-0.4, -0.2) is 16.8 Å². The van der Waals surface area contributed by atoms with Gasteiger partial charge in [0.25, 0.3) is 0 Å². The Hall–Kier alpha value is -1.28. The maximum atomic E-state index is 9.95. The average molecular weight is 206 g/mol. The number of hydrogen-bond donors (Lipinski definition) is 2. The van der Waals surface area contributed by atoms with Crippen LogP contribution in [0.25, 0.3) is 5.57 Å². The molecule has 2 nitrogen and oxygen atoms in total. The van der Waals surface area contributed by atoms with Gasteiger partial charge in [-0.3, -0.25) is 0 Å². The summed E-state index contributed by atoms with van der Waals surface area (Å²) in [4.78, 5) is 0. The summed E-state index contributed by atoms with van der Waals surface area (Å²) in [7, 11) is 0. The monoisotopic (exact) mass is 206 g/mol. The Labute approximate surface area is 90.9 Å². The van der Waals surface area contributed by atoms with Crippen LogP contribution >= 0.6 is 0 Å². The lowest BCUT2D eigenvalue weighted by atomic mass is 9.97. The molecule has 0 aliphatic rings. The first-order chi connectivity index (χ1) is 7.20. The van der Waals surface area contributed by atoms with Crippen molar-refractivity contribution in [1.29, 1.82) is 0 Å². The van der Waals surface area contributed by atoms with E-state index in [1.165, 1.54) is 0 Å². The molecule has 0 bridgehead atoms. The molecular formula is C13H18O2. The lowest BCUT2D eigenvalue weighted by molar-refractivity contribution is 0.314. The number of aliphatic hydroxyl groups is 2. The van der Waals surface area contributed by atoms with Crippen molar-refractivity contribution in [3.63, 3.8) is 0 Å². The van der Waals surface area contributed by atoms with Crippen LogP contribution in [0.15, 0.2) is 36.1 Å². The second-order valence-corrected chi connectivity index (χ2v) is 3.70. The largest absolute Gasteiger partial charge is 0.512 e. The highest BCUT2D eigenvalue weighted by Crippen LogP contribution is 2.23. The summed E-state index contributed by atoms with van der Waals surface area (Å²) in [6.45, 7) is 3.84. The number of benzene rings is 1. The van der Waals surface area contributed by atoms with Gasteiger partial charge in [0.15, 0.2) is 0 Å². The van der Waals surface area contributed by atoms with Crippen LogP contribution < -0.4 is 0 Å². The van der Waals surface area contributed by atoms with Gasteiger partial charge in [-0.15, -0.1) is 0 Å². The van der Waals surface area contributed by atoms with Crippen LogP contribution in [0.1, 0.15) is 25.8 Å². The summed E-state index contributed by atoms with van der Waals surface area (Å²) in [5.41, 5.74) is 1.52. The van der Waals surface area contributed by atoms with Crippen LogP contribution in [0.3, 0.4) is 0 Å². The molecule has 82 valence electrons. The van der Waals surface area contributed by atoms with Crippen molar-refractivity contribution >= 4 is 5.57 Å². The van der Waals surface area contributed by atoms with E-state index in [2.05, 4.69) is 0 Å². The van der Waals surface area contributed by atoms with E-state index in [0.717, 1.165) is 12.0 Å². The van der Waals surface area contributed by atoms with Crippen molar-refractivity contribution < 1.29 is 10.2 Å². The van der Waals surface area contributed by atoms with E-state index >= 15 is 0 Å². The molecule has 1 unspecified atom stereocenters. The molecule has 0 aromatic heterocycles. The summed E-state index contributed by atoms with van der Waals surface area (Å²) in [6, 6.07) is 9.50. The van der Waals surface area contributed by atoms with E-state index in [1.807, 2.05) is 44.2 Å². The minimum Gasteiger partial charge on any atom is -0.512 e. The Kier molecular flexibility index (Phi) is 4.37. The minimum absolute atomic E-state index is 0.0901. The van der Waals surface area contributed by atoms with Crippen LogP contribution in [0.5, 0.6) is 0 Å². The second-order valence-electron chi connectivity index (χ2n) is 3.70. The van der Waals surface area contributed by atoms with Gasteiger partial charge in [0.1, 0.15) is 5.76 Å². The molecule has 1 atom stereocenters. The standard InChI is InChI=1S/C13H18O2/c1-3-10(2)13(15)12(9-14)11-7-5-4-6-8-11/h4-8,10,14-15H,3,9H2,1-2H3/b13-12+. The third kappa shape index (κ3) is 2.83. The second kappa shape index (κ2) is 5.56. The smallest absolute Gasteiger partial charge is 0.101 e. The molecule has 0 fully saturated rings. The predicted octanol–water partition coefficient (Wildman–Crippen LogP) is 2.99. The molecule has 1 aromatic carbocycles. The van der Waals surface area contributed by atoms with Crippen LogP contribution in [0.4, 0.5) is 0 Å². The van der Waals surface area contributed by atoms with Crippen molar-refractivity contribution in [2.75, 3.05) is 6.61 Å². The molecular weight excluding hydrogens is 188 g/mol. The van der Waals surface area contributed by atoms with E-state index in [0.29, 0.717) is 11.3 Å². The fourth-order valence-corrected chi connectivity index (χ4v) is 1.45. The summed E-state index contributed by atoms with van der Waals surface area (Å²) >= 11 is 0. The van der Waals surface area contributed by atoms with Gasteiger partial charge in [-0.2, -0.15) is 0 Å². The lowest BCUT2D eigenvalue weighted by Gasteiger charge is -2.13. The number of rotatable bonds is 4. The van der Waals surface area contributed by atoms with E-state index in [1.54, 1.807) is 0 Å². The first-order valence-electron chi connectivity index (χ1n) is 5.29. The zero-order chi connectivity index (χ0) is 11.3. The molecule has 0 saturated carbocycles. The SMILES string of the molecule is CCC(C)/C(O)=C(/CO)c1ccccc1. The lowest BCUT2D eigenvalue weighted by Crippen LogP contribution is -2.04. The molecule has 0 heterocycles. The van der Waals surface area contributed by atoms with Gasteiger partial charge >= 0.3 is 0 Å². The molecule has 0 amide bonds. The van der Waals surface area contributed by atoms with Gasteiger partial charge in [0.2, 0.25) is 0 Å². The number of allylic oxidation sites excluding steroid dienone is 1. The third-order valence-electron chi connectivity index (χ3n) is 2.67. The highest BCUT2D eigenvalue weighted by atomic mass is 16.3. The van der Waals surface area contributed by atoms with Crippen molar-refractivity contribution in [2.45, 2.75) is 20.3 Å². The van der Waals surface area contributed by atoms with Crippen molar-refractivity contribution in [2.24, 2.45) is 5.92 Å². The Bertz CT molecular complexity index is 328. The van der Waals surface area contributed by atoms with E-state index < -0.39 is 0 Å². The third-order valence-corrected chi connectivity index (χ3v) is 2.67. The van der Waals surface area contributed by atoms with Crippen LogP contribution in [-0.2, 0) is 0 Å². The molecule has 0 spiro atoms. The van der Waals surface area contributed by atoms with Crippen LogP contribution in [0, 0.1) is 5.92 Å². The van der Waals surface area contributed by atoms with Gasteiger partial charge in [0.05, 0.1) is 6.61 Å². The van der Waals surface area contributed by atoms with Crippen molar-refractivity contribution in [3.05, 3.63) is 41.7 Å². The fraction of sp³-hybridized carbons (Fsp3) is 0.385. The zero-order valence-electron chi connectivity index (χ0n) is 9.27. The quantitative estimate of drug-likeness (QED) is 0.743. The maximum Gasteiger partial charge on any atom is 0.101 e. The van der Waals surface area contributed by atoms with Gasteiger partial charge < -0.3 is 10.2 Å². The Morgan fingerprint density at radius 3 is 2.33 bits per heavy atom. The first kappa shape index (κ1) is 11.8. The summed E-state index contributed by atoms with van der Waals surface area (Å²) in [5.74, 6) is 0.388. The molecule has 0 aliphatic heterocycles. The maximum absolute atomic E-state index is 9.95. The van der Waals surface area contributed by atoms with Gasteiger partial charge in [-0.05, 0) is 12.0 Å². The first-order valence-corrected chi connectivity index (χ1v) is 5.29. The van der Waals surface area contributed by atoms with Gasteiger partial charge in [-0.1, -0.05) is 44.2 Å². The molecule has 15 heavy (non-hydrogen) atoms. The van der Waals surface area contributed by atoms with Crippen LogP contribution in [0.2, 0.25) is 0 Å². The molecule has 0 radical (unpaired) electrons. The predicted molar refractivity (Wildman–Crippen MR) is 62.5 cm³/mol. The van der Waals surface area contributed by atoms with Gasteiger partial charge in [-0.25, -0.2) is 0 Å². The molecule has 2 N–H and O–H groups in total. The zero-order valence-corrected chi connectivity index (χ0v) is 9.27. The van der Waals surface area contributed by atoms with E-state index in [4.69, 9.17) is 0 Å². The van der Waals surface area contributed by atoms with E-state index in [9.17, 15) is 10.2 Å². The Balaban J connectivity index is 3.08. The highest BCUT2D eigenvalue weighted by molar-refractivity contribution is 5.68. The summed E-state index contributed by atoms with van der Waals surface area (Å²) in [5, 5.41) is 19.2. The molecule has 2 heteroatoms. The van der Waals surface area contributed by atoms with Crippen molar-refractivity contribution in [3.8, 4) is 0 Å². The van der Waals surface area contributed by atoms with Gasteiger partial charge in [0, 0.05) is 11.5 Å². The molecule has 0 saturated heterocycles. The molecule has 0 aliphatic carbocycles. The highest BCUT2D eigenvalue weighted by Gasteiger charge is 2.12. The average Bonchev–Trinajstić information content (AvgIpc) is 2.30. The summed E-state index contributed by atoms with van der Waals surface area (Å²) < 4.78 is 0. The van der Waals surface area contributed by atoms with E-state index in [-0.39, 0.29) is 12.5 Å². The molecule has 1 rings (SSSR count). The molecule has 1 aromatic rings. The topological polar surface area (TPSA) is 40.5 Å². The minimum atomic E-state index is -0.125. The van der Waals surface area contributed by atoms with Crippen molar-refractivity contribution in [1.82, 2.24) is 0 Å². The normalized spacial score (nSPS) is 14.6. The number of aliphatic hydroxyl groups excluding tert-OH is 2. The Morgan fingerprint density at radius 2 is 1.87 bits per heavy atom.